The number of amides is 2. The van der Waals surface area contributed by atoms with Crippen LogP contribution in [0.5, 0.6) is 0 Å². The fourth-order valence-corrected chi connectivity index (χ4v) is 2.52. The first-order valence-corrected chi connectivity index (χ1v) is 6.15. The average molecular weight is 240 g/mol. The summed E-state index contributed by atoms with van der Waals surface area (Å²) in [4.78, 5) is 13.7. The zero-order valence-corrected chi connectivity index (χ0v) is 9.95. The van der Waals surface area contributed by atoms with Crippen LogP contribution in [-0.2, 0) is 4.74 Å². The van der Waals surface area contributed by atoms with Gasteiger partial charge in [0.1, 0.15) is 0 Å². The van der Waals surface area contributed by atoms with E-state index in [2.05, 4.69) is 5.32 Å². The molecule has 0 bridgehead atoms. The van der Waals surface area contributed by atoms with Gasteiger partial charge >= 0.3 is 6.03 Å². The van der Waals surface area contributed by atoms with Gasteiger partial charge in [-0.25, -0.2) is 4.79 Å². The number of carbonyl (C=O) groups is 1. The van der Waals surface area contributed by atoms with Crippen LogP contribution in [0.15, 0.2) is 0 Å². The van der Waals surface area contributed by atoms with Gasteiger partial charge in [-0.05, 0) is 12.8 Å². The van der Waals surface area contributed by atoms with E-state index in [4.69, 9.17) is 15.9 Å². The molecule has 6 heteroatoms. The van der Waals surface area contributed by atoms with E-state index in [1.54, 1.807) is 4.90 Å². The molecule has 1 aliphatic heterocycles. The van der Waals surface area contributed by atoms with Crippen LogP contribution in [0, 0.1) is 11.3 Å². The van der Waals surface area contributed by atoms with Crippen LogP contribution >= 0.6 is 0 Å². The lowest BCUT2D eigenvalue weighted by atomic mass is 10.0. The molecule has 2 fully saturated rings. The highest BCUT2D eigenvalue weighted by atomic mass is 16.5. The molecule has 1 saturated carbocycles. The van der Waals surface area contributed by atoms with E-state index in [0.717, 1.165) is 19.3 Å². The second-order valence-corrected chi connectivity index (χ2v) is 4.65. The highest BCUT2D eigenvalue weighted by Crippen LogP contribution is 2.25. The number of amidine groups is 1. The Hall–Kier alpha value is -1.30. The van der Waals surface area contributed by atoms with E-state index >= 15 is 0 Å². The van der Waals surface area contributed by atoms with Gasteiger partial charge in [0, 0.05) is 25.0 Å². The monoisotopic (exact) mass is 240 g/mol. The minimum absolute atomic E-state index is 0.0139. The van der Waals surface area contributed by atoms with Crippen molar-refractivity contribution in [2.75, 3.05) is 26.3 Å². The molecule has 17 heavy (non-hydrogen) atoms. The van der Waals surface area contributed by atoms with E-state index in [1.807, 2.05) is 0 Å². The number of nitrogens with two attached hydrogens (primary N) is 1. The molecule has 2 amide bonds. The summed E-state index contributed by atoms with van der Waals surface area (Å²) in [7, 11) is 0. The van der Waals surface area contributed by atoms with Crippen molar-refractivity contribution in [1.82, 2.24) is 10.2 Å². The molecule has 2 atom stereocenters. The molecule has 1 saturated heterocycles. The van der Waals surface area contributed by atoms with Gasteiger partial charge in [-0.1, -0.05) is 6.42 Å². The maximum Gasteiger partial charge on any atom is 0.317 e. The SMILES string of the molecule is N=C(N)C1CCCC1NC(=O)N1CCOCC1. The maximum absolute atomic E-state index is 12.0. The van der Waals surface area contributed by atoms with Crippen molar-refractivity contribution in [3.63, 3.8) is 0 Å². The summed E-state index contributed by atoms with van der Waals surface area (Å²) in [6.07, 6.45) is 2.85. The van der Waals surface area contributed by atoms with Crippen molar-refractivity contribution in [3.8, 4) is 0 Å². The fraction of sp³-hybridized carbons (Fsp3) is 0.818. The summed E-state index contributed by atoms with van der Waals surface area (Å²) < 4.78 is 5.20. The second kappa shape index (κ2) is 5.35. The summed E-state index contributed by atoms with van der Waals surface area (Å²) in [6, 6.07) is -0.0192. The Kier molecular flexibility index (Phi) is 3.83. The van der Waals surface area contributed by atoms with Crippen molar-refractivity contribution >= 4 is 11.9 Å². The number of urea groups is 1. The van der Waals surface area contributed by atoms with Gasteiger partial charge in [0.25, 0.3) is 0 Å². The zero-order valence-electron chi connectivity index (χ0n) is 9.95. The predicted octanol–water partition coefficient (Wildman–Crippen LogP) is 0.133. The van der Waals surface area contributed by atoms with E-state index < -0.39 is 0 Å². The second-order valence-electron chi connectivity index (χ2n) is 4.65. The minimum Gasteiger partial charge on any atom is -0.387 e. The van der Waals surface area contributed by atoms with E-state index in [-0.39, 0.29) is 23.8 Å². The number of rotatable bonds is 2. The standard InChI is InChI=1S/C11H20N4O2/c12-10(13)8-2-1-3-9(8)14-11(16)15-4-6-17-7-5-15/h8-9H,1-7H2,(H3,12,13)(H,14,16). The highest BCUT2D eigenvalue weighted by Gasteiger charge is 2.31. The van der Waals surface area contributed by atoms with E-state index in [1.165, 1.54) is 0 Å². The van der Waals surface area contributed by atoms with E-state index in [0.29, 0.717) is 26.3 Å². The Morgan fingerprint density at radius 1 is 1.35 bits per heavy atom. The molecule has 0 spiro atoms. The number of ether oxygens (including phenoxy) is 1. The van der Waals surface area contributed by atoms with Crippen LogP contribution in [0.4, 0.5) is 4.79 Å². The predicted molar refractivity (Wildman–Crippen MR) is 64.0 cm³/mol. The molecule has 0 aromatic heterocycles. The number of carbonyl (C=O) groups excluding carboxylic acids is 1. The summed E-state index contributed by atoms with van der Waals surface area (Å²) in [6.45, 7) is 2.50. The van der Waals surface area contributed by atoms with Gasteiger partial charge in [-0.15, -0.1) is 0 Å². The third-order valence-corrected chi connectivity index (χ3v) is 3.52. The lowest BCUT2D eigenvalue weighted by Crippen LogP contribution is -2.51. The molecule has 0 radical (unpaired) electrons. The molecule has 2 unspecified atom stereocenters. The molecule has 6 nitrogen and oxygen atoms in total. The Balaban J connectivity index is 1.86. The zero-order chi connectivity index (χ0) is 12.3. The molecule has 1 aliphatic carbocycles. The normalized spacial score (nSPS) is 29.1. The summed E-state index contributed by atoms with van der Waals surface area (Å²) >= 11 is 0. The number of nitrogens with zero attached hydrogens (tertiary/aromatic N) is 1. The average Bonchev–Trinajstić information content (AvgIpc) is 2.78. The molecule has 2 aliphatic rings. The largest absolute Gasteiger partial charge is 0.387 e. The van der Waals surface area contributed by atoms with Gasteiger partial charge in [0.05, 0.1) is 19.0 Å². The van der Waals surface area contributed by atoms with Crippen molar-refractivity contribution in [2.24, 2.45) is 11.7 Å². The first-order chi connectivity index (χ1) is 8.18. The number of nitrogens with one attached hydrogen (secondary N) is 2. The van der Waals surface area contributed by atoms with Crippen LogP contribution in [-0.4, -0.2) is 49.1 Å². The summed E-state index contributed by atoms with van der Waals surface area (Å²) in [5, 5.41) is 10.5. The topological polar surface area (TPSA) is 91.4 Å². The number of hydrogen-bond acceptors (Lipinski definition) is 3. The number of morpholine rings is 1. The molecular formula is C11H20N4O2. The fourth-order valence-electron chi connectivity index (χ4n) is 2.52. The lowest BCUT2D eigenvalue weighted by Gasteiger charge is -2.29. The smallest absolute Gasteiger partial charge is 0.317 e. The third-order valence-electron chi connectivity index (χ3n) is 3.52. The Bertz CT molecular complexity index is 302. The van der Waals surface area contributed by atoms with Gasteiger partial charge in [0.2, 0.25) is 0 Å². The first-order valence-electron chi connectivity index (χ1n) is 6.15. The minimum atomic E-state index is -0.0496. The molecular weight excluding hydrogens is 220 g/mol. The molecule has 2 rings (SSSR count). The molecule has 96 valence electrons. The molecule has 0 aromatic carbocycles. The van der Waals surface area contributed by atoms with Crippen LogP contribution < -0.4 is 11.1 Å². The van der Waals surface area contributed by atoms with Crippen LogP contribution in [0.1, 0.15) is 19.3 Å². The summed E-state index contributed by atoms with van der Waals surface area (Å²) in [5.41, 5.74) is 5.54. The number of hydrogen-bond donors (Lipinski definition) is 3. The van der Waals surface area contributed by atoms with Crippen molar-refractivity contribution < 1.29 is 9.53 Å². The third kappa shape index (κ3) is 2.88. The Morgan fingerprint density at radius 3 is 2.71 bits per heavy atom. The Labute approximate surface area is 101 Å². The molecule has 0 aromatic rings. The quantitative estimate of drug-likeness (QED) is 0.473. The highest BCUT2D eigenvalue weighted by molar-refractivity contribution is 5.82. The van der Waals surface area contributed by atoms with Gasteiger partial charge in [-0.2, -0.15) is 0 Å². The summed E-state index contributed by atoms with van der Waals surface area (Å²) in [5.74, 6) is 0.203. The molecule has 1 heterocycles. The van der Waals surface area contributed by atoms with Crippen LogP contribution in [0.2, 0.25) is 0 Å². The van der Waals surface area contributed by atoms with Crippen LogP contribution in [0.25, 0.3) is 0 Å². The van der Waals surface area contributed by atoms with Gasteiger partial charge in [0.15, 0.2) is 0 Å². The lowest BCUT2D eigenvalue weighted by molar-refractivity contribution is 0.0524. The van der Waals surface area contributed by atoms with Crippen LogP contribution in [0.3, 0.4) is 0 Å². The van der Waals surface area contributed by atoms with Crippen molar-refractivity contribution in [3.05, 3.63) is 0 Å². The maximum atomic E-state index is 12.0. The van der Waals surface area contributed by atoms with Crippen molar-refractivity contribution in [2.45, 2.75) is 25.3 Å². The van der Waals surface area contributed by atoms with Crippen molar-refractivity contribution in [1.29, 1.82) is 5.41 Å². The van der Waals surface area contributed by atoms with Gasteiger partial charge < -0.3 is 20.7 Å². The first kappa shape index (κ1) is 12.2. The van der Waals surface area contributed by atoms with E-state index in [9.17, 15) is 4.79 Å². The van der Waals surface area contributed by atoms with Gasteiger partial charge in [-0.3, -0.25) is 5.41 Å². The Morgan fingerprint density at radius 2 is 2.06 bits per heavy atom. The molecule has 4 N–H and O–H groups in total.